The van der Waals surface area contributed by atoms with Crippen molar-refractivity contribution in [1.29, 1.82) is 0 Å². The molecule has 0 N–H and O–H groups in total. The molecule has 10 aromatic rings. The van der Waals surface area contributed by atoms with E-state index in [0.29, 0.717) is 0 Å². The van der Waals surface area contributed by atoms with Crippen molar-refractivity contribution >= 4 is 43.5 Å². The number of benzene rings is 9. The summed E-state index contributed by atoms with van der Waals surface area (Å²) in [5.74, 6) is 0. The van der Waals surface area contributed by atoms with Gasteiger partial charge in [-0.1, -0.05) is 194 Å². The van der Waals surface area contributed by atoms with Crippen molar-refractivity contribution in [2.45, 2.75) is 0 Å². The van der Waals surface area contributed by atoms with E-state index in [1.165, 1.54) is 54.9 Å². The topological polar surface area (TPSA) is 13.1 Å². The highest BCUT2D eigenvalue weighted by molar-refractivity contribution is 6.22. The van der Waals surface area contributed by atoms with Crippen LogP contribution in [0.3, 0.4) is 0 Å². The van der Waals surface area contributed by atoms with Gasteiger partial charge >= 0.3 is 0 Å². The molecule has 0 bridgehead atoms. The molecule has 0 aliphatic rings. The molecule has 0 radical (unpaired) electrons. The maximum Gasteiger partial charge on any atom is 0.143 e. The number of furan rings is 1. The van der Waals surface area contributed by atoms with Crippen molar-refractivity contribution < 1.29 is 4.42 Å². The summed E-state index contributed by atoms with van der Waals surface area (Å²) in [7, 11) is 0. The van der Waals surface area contributed by atoms with Crippen LogP contribution in [0.2, 0.25) is 0 Å². The van der Waals surface area contributed by atoms with Crippen LogP contribution in [-0.4, -0.2) is 0 Å². The summed E-state index contributed by atoms with van der Waals surface area (Å²) in [5, 5.41) is 7.26. The summed E-state index contributed by atoms with van der Waals surface area (Å²) in [5.41, 5.74) is 13.7. The predicted molar refractivity (Wildman–Crippen MR) is 216 cm³/mol. The maximum atomic E-state index is 6.75. The second-order valence-electron chi connectivity index (χ2n) is 13.2. The Hall–Kier alpha value is -6.70. The van der Waals surface area contributed by atoms with E-state index in [1.807, 2.05) is 0 Å². The molecule has 9 aromatic carbocycles. The van der Waals surface area contributed by atoms with Gasteiger partial charge in [-0.2, -0.15) is 0 Å². The lowest BCUT2D eigenvalue weighted by atomic mass is 9.83. The molecule has 1 heterocycles. The number of hydrogen-bond donors (Lipinski definition) is 0. The highest BCUT2D eigenvalue weighted by Crippen LogP contribution is 2.46. The maximum absolute atomic E-state index is 6.75. The van der Waals surface area contributed by atoms with E-state index in [2.05, 4.69) is 194 Å². The largest absolute Gasteiger partial charge is 0.455 e. The molecule has 10 rings (SSSR count). The van der Waals surface area contributed by atoms with Gasteiger partial charge < -0.3 is 4.42 Å². The van der Waals surface area contributed by atoms with Gasteiger partial charge in [-0.25, -0.2) is 0 Å². The van der Waals surface area contributed by atoms with Crippen molar-refractivity contribution in [2.75, 3.05) is 0 Å². The Bertz CT molecular complexity index is 2820. The molecule has 1 aromatic heterocycles. The molecule has 1 nitrogen and oxygen atoms in total. The Morgan fingerprint density at radius 3 is 1.10 bits per heavy atom. The van der Waals surface area contributed by atoms with Gasteiger partial charge in [-0.15, -0.1) is 0 Å². The van der Waals surface area contributed by atoms with Crippen LogP contribution >= 0.6 is 0 Å². The zero-order valence-electron chi connectivity index (χ0n) is 27.9. The molecule has 238 valence electrons. The third-order valence-electron chi connectivity index (χ3n) is 10.3. The van der Waals surface area contributed by atoms with E-state index < -0.39 is 0 Å². The van der Waals surface area contributed by atoms with Gasteiger partial charge in [0.25, 0.3) is 0 Å². The van der Waals surface area contributed by atoms with E-state index in [4.69, 9.17) is 4.42 Å². The zero-order valence-corrected chi connectivity index (χ0v) is 27.9. The van der Waals surface area contributed by atoms with E-state index in [9.17, 15) is 0 Å². The summed E-state index contributed by atoms with van der Waals surface area (Å²) >= 11 is 0. The monoisotopic (exact) mass is 648 g/mol. The molecule has 0 spiro atoms. The lowest BCUT2D eigenvalue weighted by molar-refractivity contribution is 0.671. The first-order valence-electron chi connectivity index (χ1n) is 17.5. The minimum absolute atomic E-state index is 0.918. The average molecular weight is 649 g/mol. The molecule has 0 aliphatic carbocycles. The fourth-order valence-corrected chi connectivity index (χ4v) is 8.01. The zero-order chi connectivity index (χ0) is 33.7. The Morgan fingerprint density at radius 1 is 0.216 bits per heavy atom. The first-order valence-corrected chi connectivity index (χ1v) is 17.5. The quantitative estimate of drug-likeness (QED) is 0.169. The molecule has 0 unspecified atom stereocenters. The minimum atomic E-state index is 0.918. The fraction of sp³-hybridized carbons (Fsp3) is 0. The minimum Gasteiger partial charge on any atom is -0.455 e. The highest BCUT2D eigenvalue weighted by atomic mass is 16.3. The highest BCUT2D eigenvalue weighted by Gasteiger charge is 2.20. The van der Waals surface area contributed by atoms with Crippen molar-refractivity contribution in [1.82, 2.24) is 0 Å². The number of rotatable bonds is 5. The van der Waals surface area contributed by atoms with Gasteiger partial charge in [0.2, 0.25) is 0 Å². The van der Waals surface area contributed by atoms with Gasteiger partial charge in [0.1, 0.15) is 11.2 Å². The molecule has 0 aliphatic heterocycles. The van der Waals surface area contributed by atoms with Gasteiger partial charge in [0, 0.05) is 21.9 Å². The lowest BCUT2D eigenvalue weighted by Crippen LogP contribution is -1.92. The van der Waals surface area contributed by atoms with Crippen molar-refractivity contribution in [3.8, 4) is 55.6 Å². The number of fused-ring (bicyclic) bond motifs is 5. The summed E-state index contributed by atoms with van der Waals surface area (Å²) in [4.78, 5) is 0. The lowest BCUT2D eigenvalue weighted by Gasteiger charge is -2.19. The predicted octanol–water partition coefficient (Wildman–Crippen LogP) is 14.2. The van der Waals surface area contributed by atoms with Crippen molar-refractivity contribution in [2.24, 2.45) is 0 Å². The Labute approximate surface area is 296 Å². The Balaban J connectivity index is 1.14. The summed E-state index contributed by atoms with van der Waals surface area (Å²) < 4.78 is 6.75. The van der Waals surface area contributed by atoms with Gasteiger partial charge in [0.15, 0.2) is 0 Å². The van der Waals surface area contributed by atoms with Gasteiger partial charge in [-0.05, 0) is 66.1 Å². The van der Waals surface area contributed by atoms with Crippen LogP contribution in [0, 0.1) is 0 Å². The summed E-state index contributed by atoms with van der Waals surface area (Å²) in [6.07, 6.45) is 0. The normalized spacial score (nSPS) is 11.5. The van der Waals surface area contributed by atoms with Crippen LogP contribution < -0.4 is 0 Å². The smallest absolute Gasteiger partial charge is 0.143 e. The van der Waals surface area contributed by atoms with E-state index >= 15 is 0 Å². The van der Waals surface area contributed by atoms with E-state index in [0.717, 1.165) is 44.2 Å². The van der Waals surface area contributed by atoms with Crippen LogP contribution in [0.25, 0.3) is 99.1 Å². The van der Waals surface area contributed by atoms with Crippen LogP contribution in [0.1, 0.15) is 0 Å². The van der Waals surface area contributed by atoms with E-state index in [-0.39, 0.29) is 0 Å². The van der Waals surface area contributed by atoms with E-state index in [1.54, 1.807) is 0 Å². The molecule has 0 atom stereocenters. The summed E-state index contributed by atoms with van der Waals surface area (Å²) in [6, 6.07) is 69.7. The molecular formula is C50H32O. The standard InChI is InChI=1S/C50H32O/c1-3-15-33(16-4-1)37-19-7-8-20-40(37)48-43-23-11-9-21-41(43)47(42-22-10-12-24-44(42)48)36-31-29-35(30-32-36)39-26-14-28-46-45-27-13-25-38(49(45)51-50(39)46)34-17-5-2-6-18-34/h1-32H. The molecule has 0 saturated heterocycles. The molecule has 1 heteroatoms. The fourth-order valence-electron chi connectivity index (χ4n) is 8.01. The SMILES string of the molecule is c1ccc(-c2ccccc2-c2c3ccccc3c(-c3ccc(-c4cccc5c4oc4c(-c6ccccc6)cccc45)cc3)c3ccccc23)cc1. The van der Waals surface area contributed by atoms with Gasteiger partial charge in [0.05, 0.1) is 0 Å². The second-order valence-corrected chi connectivity index (χ2v) is 13.2. The Kier molecular flexibility index (Phi) is 6.89. The molecule has 0 amide bonds. The van der Waals surface area contributed by atoms with Crippen LogP contribution in [-0.2, 0) is 0 Å². The van der Waals surface area contributed by atoms with Crippen molar-refractivity contribution in [3.05, 3.63) is 194 Å². The third-order valence-corrected chi connectivity index (χ3v) is 10.3. The molecule has 51 heavy (non-hydrogen) atoms. The van der Waals surface area contributed by atoms with Crippen LogP contribution in [0.4, 0.5) is 0 Å². The number of hydrogen-bond acceptors (Lipinski definition) is 1. The number of para-hydroxylation sites is 2. The molecule has 0 saturated carbocycles. The van der Waals surface area contributed by atoms with Crippen LogP contribution in [0.15, 0.2) is 199 Å². The second kappa shape index (κ2) is 12.0. The van der Waals surface area contributed by atoms with Crippen LogP contribution in [0.5, 0.6) is 0 Å². The first-order chi connectivity index (χ1) is 25.3. The third kappa shape index (κ3) is 4.78. The van der Waals surface area contributed by atoms with Crippen molar-refractivity contribution in [3.63, 3.8) is 0 Å². The summed E-state index contributed by atoms with van der Waals surface area (Å²) in [6.45, 7) is 0. The first kappa shape index (κ1) is 29.2. The average Bonchev–Trinajstić information content (AvgIpc) is 3.60. The molecular weight excluding hydrogens is 617 g/mol. The van der Waals surface area contributed by atoms with Gasteiger partial charge in [-0.3, -0.25) is 0 Å². The Morgan fingerprint density at radius 2 is 0.569 bits per heavy atom. The molecule has 0 fully saturated rings.